The van der Waals surface area contributed by atoms with E-state index in [-0.39, 0.29) is 0 Å². The number of nitrogens with two attached hydrogens (primary N) is 1. The van der Waals surface area contributed by atoms with E-state index in [0.717, 1.165) is 41.0 Å². The van der Waals surface area contributed by atoms with Gasteiger partial charge in [0.1, 0.15) is 5.75 Å². The average molecular weight is 343 g/mol. The number of nitrogen functional groups attached to an aromatic ring is 1. The molecule has 0 unspecified atom stereocenters. The van der Waals surface area contributed by atoms with Crippen molar-refractivity contribution in [1.82, 2.24) is 4.57 Å². The molecule has 3 nitrogen and oxygen atoms in total. The highest BCUT2D eigenvalue weighted by Gasteiger charge is 2.18. The van der Waals surface area contributed by atoms with Gasteiger partial charge in [-0.1, -0.05) is 28.1 Å². The van der Waals surface area contributed by atoms with Crippen LogP contribution in [0.1, 0.15) is 11.1 Å². The Morgan fingerprint density at radius 1 is 1.24 bits per heavy atom. The Bertz CT molecular complexity index is 838. The number of nitrogens with zero attached hydrogens (tertiary/aromatic N) is 1. The smallest absolute Gasteiger partial charge is 0.127 e. The zero-order valence-corrected chi connectivity index (χ0v) is 13.1. The third kappa shape index (κ3) is 2.10. The summed E-state index contributed by atoms with van der Waals surface area (Å²) >= 11 is 3.59. The second-order valence-corrected chi connectivity index (χ2v) is 6.30. The minimum absolute atomic E-state index is 0.763. The molecule has 2 N–H and O–H groups in total. The van der Waals surface area contributed by atoms with Gasteiger partial charge in [0.2, 0.25) is 0 Å². The Kier molecular flexibility index (Phi) is 2.93. The number of hydrogen-bond donors (Lipinski definition) is 1. The van der Waals surface area contributed by atoms with E-state index in [1.807, 2.05) is 12.1 Å². The molecule has 0 spiro atoms. The molecule has 2 heterocycles. The third-order valence-corrected chi connectivity index (χ3v) is 4.44. The highest BCUT2D eigenvalue weighted by Crippen LogP contribution is 2.34. The average Bonchev–Trinajstić information content (AvgIpc) is 3.06. The van der Waals surface area contributed by atoms with Crippen LogP contribution in [0.4, 0.5) is 5.69 Å². The van der Waals surface area contributed by atoms with E-state index < -0.39 is 0 Å². The first-order valence-corrected chi connectivity index (χ1v) is 7.79. The van der Waals surface area contributed by atoms with Gasteiger partial charge < -0.3 is 15.0 Å². The largest absolute Gasteiger partial charge is 0.493 e. The fourth-order valence-corrected chi connectivity index (χ4v) is 3.62. The summed E-state index contributed by atoms with van der Waals surface area (Å²) in [4.78, 5) is 0. The molecule has 0 saturated heterocycles. The van der Waals surface area contributed by atoms with Crippen molar-refractivity contribution in [3.63, 3.8) is 0 Å². The topological polar surface area (TPSA) is 40.2 Å². The number of benzene rings is 2. The van der Waals surface area contributed by atoms with Gasteiger partial charge >= 0.3 is 0 Å². The predicted molar refractivity (Wildman–Crippen MR) is 88.8 cm³/mol. The van der Waals surface area contributed by atoms with Crippen molar-refractivity contribution in [2.24, 2.45) is 0 Å². The molecule has 0 atom stereocenters. The van der Waals surface area contributed by atoms with Crippen LogP contribution < -0.4 is 10.5 Å². The van der Waals surface area contributed by atoms with Gasteiger partial charge in [0, 0.05) is 28.0 Å². The minimum atomic E-state index is 0.763. The number of rotatable bonds is 2. The maximum Gasteiger partial charge on any atom is 0.127 e. The number of para-hydroxylation sites is 1. The molecule has 0 saturated carbocycles. The number of aromatic nitrogens is 1. The molecule has 1 aromatic heterocycles. The van der Waals surface area contributed by atoms with Crippen molar-refractivity contribution in [2.75, 3.05) is 12.3 Å². The molecule has 1 aliphatic rings. The Labute approximate surface area is 131 Å². The van der Waals surface area contributed by atoms with Crippen molar-refractivity contribution in [3.05, 3.63) is 58.2 Å². The lowest BCUT2D eigenvalue weighted by atomic mass is 10.1. The maximum atomic E-state index is 6.14. The fraction of sp³-hybridized carbons (Fsp3) is 0.176. The second kappa shape index (κ2) is 4.81. The Morgan fingerprint density at radius 2 is 2.14 bits per heavy atom. The van der Waals surface area contributed by atoms with Gasteiger partial charge in [0.05, 0.1) is 24.4 Å². The van der Waals surface area contributed by atoms with Crippen LogP contribution in [-0.4, -0.2) is 11.2 Å². The highest BCUT2D eigenvalue weighted by molar-refractivity contribution is 9.10. The Balaban J connectivity index is 1.83. The summed E-state index contributed by atoms with van der Waals surface area (Å²) in [5, 5.41) is 1.17. The van der Waals surface area contributed by atoms with Gasteiger partial charge in [0.15, 0.2) is 0 Å². The van der Waals surface area contributed by atoms with Crippen LogP contribution in [0.15, 0.2) is 47.1 Å². The normalized spacial score (nSPS) is 13.4. The molecular weight excluding hydrogens is 328 g/mol. The van der Waals surface area contributed by atoms with E-state index in [1.165, 1.54) is 16.5 Å². The first kappa shape index (κ1) is 12.8. The molecule has 4 rings (SSSR count). The van der Waals surface area contributed by atoms with Crippen LogP contribution in [-0.2, 0) is 13.0 Å². The molecule has 4 heteroatoms. The van der Waals surface area contributed by atoms with Crippen molar-refractivity contribution >= 4 is 32.5 Å². The van der Waals surface area contributed by atoms with E-state index in [0.29, 0.717) is 0 Å². The fourth-order valence-electron chi connectivity index (χ4n) is 3.07. The molecule has 0 aliphatic carbocycles. The molecule has 0 bridgehead atoms. The highest BCUT2D eigenvalue weighted by atomic mass is 79.9. The zero-order chi connectivity index (χ0) is 14.4. The van der Waals surface area contributed by atoms with Gasteiger partial charge in [-0.15, -0.1) is 0 Å². The van der Waals surface area contributed by atoms with E-state index in [2.05, 4.69) is 51.0 Å². The summed E-state index contributed by atoms with van der Waals surface area (Å²) in [6, 6.07) is 12.4. The number of hydrogen-bond acceptors (Lipinski definition) is 2. The number of halogens is 1. The lowest BCUT2D eigenvalue weighted by Crippen LogP contribution is -2.02. The maximum absolute atomic E-state index is 6.14. The second-order valence-electron chi connectivity index (χ2n) is 5.38. The van der Waals surface area contributed by atoms with Crippen molar-refractivity contribution < 1.29 is 4.74 Å². The van der Waals surface area contributed by atoms with Crippen LogP contribution >= 0.6 is 15.9 Å². The Morgan fingerprint density at radius 3 is 3.05 bits per heavy atom. The molecule has 0 amide bonds. The van der Waals surface area contributed by atoms with E-state index in [4.69, 9.17) is 10.5 Å². The van der Waals surface area contributed by atoms with Crippen LogP contribution in [0.2, 0.25) is 0 Å². The molecular formula is C17H15BrN2O. The van der Waals surface area contributed by atoms with Crippen molar-refractivity contribution in [3.8, 4) is 5.75 Å². The molecule has 106 valence electrons. The van der Waals surface area contributed by atoms with E-state index in [1.54, 1.807) is 0 Å². The molecule has 1 aliphatic heterocycles. The summed E-state index contributed by atoms with van der Waals surface area (Å²) in [5.41, 5.74) is 10.5. The lowest BCUT2D eigenvalue weighted by Gasteiger charge is -2.12. The monoisotopic (exact) mass is 342 g/mol. The molecule has 0 radical (unpaired) electrons. The molecule has 0 fully saturated rings. The van der Waals surface area contributed by atoms with Crippen LogP contribution in [0.5, 0.6) is 5.75 Å². The standard InChI is InChI=1S/C17H15BrN2O/c18-14-8-12-5-7-21-17(12)13(9-14)10-20-6-4-11-2-1-3-15(19)16(11)20/h1-4,6,8-9H,5,7,10,19H2. The molecule has 3 aromatic rings. The van der Waals surface area contributed by atoms with Gasteiger partial charge in [-0.05, 0) is 29.8 Å². The number of anilines is 1. The molecule has 21 heavy (non-hydrogen) atoms. The number of ether oxygens (including phenoxy) is 1. The third-order valence-electron chi connectivity index (χ3n) is 3.99. The van der Waals surface area contributed by atoms with E-state index >= 15 is 0 Å². The van der Waals surface area contributed by atoms with E-state index in [9.17, 15) is 0 Å². The SMILES string of the molecule is Nc1cccc2ccn(Cc3cc(Br)cc4c3OCC4)c12. The van der Waals surface area contributed by atoms with Gasteiger partial charge in [-0.3, -0.25) is 0 Å². The minimum Gasteiger partial charge on any atom is -0.493 e. The predicted octanol–water partition coefficient (Wildman–Crippen LogP) is 3.97. The summed E-state index contributed by atoms with van der Waals surface area (Å²) < 4.78 is 9.10. The van der Waals surface area contributed by atoms with Crippen LogP contribution in [0.25, 0.3) is 10.9 Å². The lowest BCUT2D eigenvalue weighted by molar-refractivity contribution is 0.353. The van der Waals surface area contributed by atoms with Gasteiger partial charge in [0.25, 0.3) is 0 Å². The van der Waals surface area contributed by atoms with Crippen molar-refractivity contribution in [1.29, 1.82) is 0 Å². The zero-order valence-electron chi connectivity index (χ0n) is 11.5. The van der Waals surface area contributed by atoms with Crippen LogP contribution in [0.3, 0.4) is 0 Å². The van der Waals surface area contributed by atoms with Gasteiger partial charge in [-0.2, -0.15) is 0 Å². The van der Waals surface area contributed by atoms with Crippen molar-refractivity contribution in [2.45, 2.75) is 13.0 Å². The summed E-state index contributed by atoms with van der Waals surface area (Å²) in [6.45, 7) is 1.53. The molecule has 2 aromatic carbocycles. The summed E-state index contributed by atoms with van der Waals surface area (Å²) in [7, 11) is 0. The first-order valence-electron chi connectivity index (χ1n) is 7.00. The summed E-state index contributed by atoms with van der Waals surface area (Å²) in [5.74, 6) is 1.04. The van der Waals surface area contributed by atoms with Crippen LogP contribution in [0, 0.1) is 0 Å². The summed E-state index contributed by atoms with van der Waals surface area (Å²) in [6.07, 6.45) is 3.07. The number of fused-ring (bicyclic) bond motifs is 2. The Hall–Kier alpha value is -1.94. The quantitative estimate of drug-likeness (QED) is 0.716. The first-order chi connectivity index (χ1) is 10.2. The van der Waals surface area contributed by atoms with Gasteiger partial charge in [-0.25, -0.2) is 0 Å².